The van der Waals surface area contributed by atoms with Gasteiger partial charge in [0, 0.05) is 19.1 Å². The average Bonchev–Trinajstić information content (AvgIpc) is 2.67. The van der Waals surface area contributed by atoms with E-state index in [1.54, 1.807) is 0 Å². The smallest absolute Gasteiger partial charge is 0.229 e. The summed E-state index contributed by atoms with van der Waals surface area (Å²) in [7, 11) is 0. The normalized spacial score (nSPS) is 40.1. The van der Waals surface area contributed by atoms with Crippen LogP contribution in [0.2, 0.25) is 0 Å². The Morgan fingerprint density at radius 2 is 2.06 bits per heavy atom. The van der Waals surface area contributed by atoms with E-state index < -0.39 is 0 Å². The van der Waals surface area contributed by atoms with E-state index in [0.29, 0.717) is 19.1 Å². The summed E-state index contributed by atoms with van der Waals surface area (Å²) < 4.78 is 5.26. The quantitative estimate of drug-likeness (QED) is 0.707. The van der Waals surface area contributed by atoms with E-state index >= 15 is 0 Å². The molecular formula is C12H22N2O2. The van der Waals surface area contributed by atoms with Crippen LogP contribution in [-0.4, -0.2) is 43.2 Å². The standard InChI is InChI=1S/C12H22N2O2/c1-8-3-4-14(5-9(8)2)12(15)10-6-16-7-11(10)13/h8-11H,3-7,13H2,1-2H3. The second-order valence-electron chi connectivity index (χ2n) is 5.34. The van der Waals surface area contributed by atoms with Crippen molar-refractivity contribution < 1.29 is 9.53 Å². The number of hydrogen-bond acceptors (Lipinski definition) is 3. The van der Waals surface area contributed by atoms with Crippen LogP contribution in [0.5, 0.6) is 0 Å². The molecule has 4 atom stereocenters. The molecule has 1 amide bonds. The number of piperidine rings is 1. The van der Waals surface area contributed by atoms with Gasteiger partial charge in [-0.05, 0) is 18.3 Å². The zero-order chi connectivity index (χ0) is 11.7. The first-order valence-corrected chi connectivity index (χ1v) is 6.21. The van der Waals surface area contributed by atoms with Crippen LogP contribution < -0.4 is 5.73 Å². The molecule has 2 fully saturated rings. The summed E-state index contributed by atoms with van der Waals surface area (Å²) in [5, 5.41) is 0. The van der Waals surface area contributed by atoms with Gasteiger partial charge in [-0.3, -0.25) is 4.79 Å². The zero-order valence-electron chi connectivity index (χ0n) is 10.2. The van der Waals surface area contributed by atoms with Crippen LogP contribution in [0.15, 0.2) is 0 Å². The number of nitrogens with zero attached hydrogens (tertiary/aromatic N) is 1. The molecule has 2 N–H and O–H groups in total. The number of carbonyl (C=O) groups excluding carboxylic acids is 1. The molecule has 0 radical (unpaired) electrons. The van der Waals surface area contributed by atoms with Crippen molar-refractivity contribution in [2.45, 2.75) is 26.3 Å². The molecule has 2 saturated heterocycles. The second kappa shape index (κ2) is 4.72. The van der Waals surface area contributed by atoms with Crippen molar-refractivity contribution in [1.82, 2.24) is 4.90 Å². The third kappa shape index (κ3) is 2.23. The van der Waals surface area contributed by atoms with Crippen LogP contribution in [0.1, 0.15) is 20.3 Å². The van der Waals surface area contributed by atoms with E-state index in [0.717, 1.165) is 25.4 Å². The Labute approximate surface area is 97.1 Å². The molecule has 0 aliphatic carbocycles. The van der Waals surface area contributed by atoms with Crippen molar-refractivity contribution >= 4 is 5.91 Å². The Balaban J connectivity index is 1.95. The lowest BCUT2D eigenvalue weighted by Crippen LogP contribution is -2.48. The lowest BCUT2D eigenvalue weighted by molar-refractivity contribution is -0.138. The third-order valence-electron chi connectivity index (χ3n) is 4.09. The van der Waals surface area contributed by atoms with Gasteiger partial charge in [0.15, 0.2) is 0 Å². The highest BCUT2D eigenvalue weighted by atomic mass is 16.5. The van der Waals surface area contributed by atoms with Gasteiger partial charge in [0.05, 0.1) is 19.1 Å². The van der Waals surface area contributed by atoms with Crippen LogP contribution in [0, 0.1) is 17.8 Å². The summed E-state index contributed by atoms with van der Waals surface area (Å²) in [5.74, 6) is 1.40. The summed E-state index contributed by atoms with van der Waals surface area (Å²) >= 11 is 0. The van der Waals surface area contributed by atoms with Crippen molar-refractivity contribution in [3.05, 3.63) is 0 Å². The van der Waals surface area contributed by atoms with Gasteiger partial charge in [0.1, 0.15) is 0 Å². The lowest BCUT2D eigenvalue weighted by Gasteiger charge is -2.36. The maximum Gasteiger partial charge on any atom is 0.229 e. The minimum absolute atomic E-state index is 0.109. The highest BCUT2D eigenvalue weighted by Gasteiger charge is 2.36. The van der Waals surface area contributed by atoms with Gasteiger partial charge in [-0.1, -0.05) is 13.8 Å². The Kier molecular flexibility index (Phi) is 3.50. The fourth-order valence-electron chi connectivity index (χ4n) is 2.52. The van der Waals surface area contributed by atoms with Gasteiger partial charge < -0.3 is 15.4 Å². The molecule has 92 valence electrons. The predicted octanol–water partition coefficient (Wildman–Crippen LogP) is 0.465. The Bertz CT molecular complexity index is 270. The zero-order valence-corrected chi connectivity index (χ0v) is 10.2. The maximum atomic E-state index is 12.2. The summed E-state index contributed by atoms with van der Waals surface area (Å²) in [6, 6.07) is -0.109. The van der Waals surface area contributed by atoms with Crippen LogP contribution >= 0.6 is 0 Å². The van der Waals surface area contributed by atoms with Crippen molar-refractivity contribution in [3.63, 3.8) is 0 Å². The van der Waals surface area contributed by atoms with Gasteiger partial charge in [-0.15, -0.1) is 0 Å². The van der Waals surface area contributed by atoms with E-state index in [4.69, 9.17) is 10.5 Å². The minimum atomic E-state index is -0.111. The number of carbonyl (C=O) groups is 1. The number of rotatable bonds is 1. The number of hydrogen-bond donors (Lipinski definition) is 1. The summed E-state index contributed by atoms with van der Waals surface area (Å²) in [4.78, 5) is 14.2. The molecule has 2 rings (SSSR count). The van der Waals surface area contributed by atoms with Gasteiger partial charge in [-0.25, -0.2) is 0 Å². The van der Waals surface area contributed by atoms with E-state index in [1.165, 1.54) is 0 Å². The number of ether oxygens (including phenoxy) is 1. The molecule has 2 heterocycles. The molecule has 4 nitrogen and oxygen atoms in total. The molecule has 0 saturated carbocycles. The van der Waals surface area contributed by atoms with Crippen molar-refractivity contribution in [3.8, 4) is 0 Å². The first-order valence-electron chi connectivity index (χ1n) is 6.21. The van der Waals surface area contributed by atoms with Crippen LogP contribution in [0.25, 0.3) is 0 Å². The predicted molar refractivity (Wildman–Crippen MR) is 61.8 cm³/mol. The molecule has 2 aliphatic rings. The molecule has 0 aromatic carbocycles. The second-order valence-corrected chi connectivity index (χ2v) is 5.34. The molecule has 0 aromatic rings. The van der Waals surface area contributed by atoms with Gasteiger partial charge in [-0.2, -0.15) is 0 Å². The first-order chi connectivity index (χ1) is 7.59. The Morgan fingerprint density at radius 3 is 2.62 bits per heavy atom. The molecule has 2 aliphatic heterocycles. The Morgan fingerprint density at radius 1 is 1.31 bits per heavy atom. The SMILES string of the molecule is CC1CCN(C(=O)C2COCC2N)CC1C. The van der Waals surface area contributed by atoms with Gasteiger partial charge in [0.25, 0.3) is 0 Å². The largest absolute Gasteiger partial charge is 0.379 e. The fraction of sp³-hybridized carbons (Fsp3) is 0.917. The minimum Gasteiger partial charge on any atom is -0.379 e. The van der Waals surface area contributed by atoms with E-state index in [9.17, 15) is 4.79 Å². The van der Waals surface area contributed by atoms with Crippen molar-refractivity contribution in [2.75, 3.05) is 26.3 Å². The average molecular weight is 226 g/mol. The van der Waals surface area contributed by atoms with Crippen molar-refractivity contribution in [1.29, 1.82) is 0 Å². The number of likely N-dealkylation sites (tertiary alicyclic amines) is 1. The summed E-state index contributed by atoms with van der Waals surface area (Å²) in [5.41, 5.74) is 5.88. The van der Waals surface area contributed by atoms with Gasteiger partial charge in [0.2, 0.25) is 5.91 Å². The fourth-order valence-corrected chi connectivity index (χ4v) is 2.52. The summed E-state index contributed by atoms with van der Waals surface area (Å²) in [6.07, 6.45) is 1.11. The first kappa shape index (κ1) is 11.9. The molecule has 16 heavy (non-hydrogen) atoms. The lowest BCUT2D eigenvalue weighted by atomic mass is 9.88. The number of nitrogens with two attached hydrogens (primary N) is 1. The molecule has 0 spiro atoms. The van der Waals surface area contributed by atoms with Gasteiger partial charge >= 0.3 is 0 Å². The molecule has 4 unspecified atom stereocenters. The number of amides is 1. The molecule has 0 bridgehead atoms. The summed E-state index contributed by atoms with van der Waals surface area (Å²) in [6.45, 7) is 7.26. The Hall–Kier alpha value is -0.610. The van der Waals surface area contributed by atoms with E-state index in [-0.39, 0.29) is 17.9 Å². The van der Waals surface area contributed by atoms with E-state index in [1.807, 2.05) is 4.90 Å². The highest BCUT2D eigenvalue weighted by Crippen LogP contribution is 2.25. The topological polar surface area (TPSA) is 55.6 Å². The van der Waals surface area contributed by atoms with E-state index in [2.05, 4.69) is 13.8 Å². The molecule has 4 heteroatoms. The maximum absolute atomic E-state index is 12.2. The molecule has 0 aromatic heterocycles. The van der Waals surface area contributed by atoms with Crippen LogP contribution in [0.3, 0.4) is 0 Å². The third-order valence-corrected chi connectivity index (χ3v) is 4.09. The monoisotopic (exact) mass is 226 g/mol. The highest BCUT2D eigenvalue weighted by molar-refractivity contribution is 5.80. The van der Waals surface area contributed by atoms with Crippen LogP contribution in [0.4, 0.5) is 0 Å². The van der Waals surface area contributed by atoms with Crippen molar-refractivity contribution in [2.24, 2.45) is 23.5 Å². The van der Waals surface area contributed by atoms with Crippen LogP contribution in [-0.2, 0) is 9.53 Å². The molecular weight excluding hydrogens is 204 g/mol.